The zero-order valence-electron chi connectivity index (χ0n) is 16.5. The number of rotatable bonds is 8. The Balaban J connectivity index is 1.87. The molecule has 0 saturated heterocycles. The van der Waals surface area contributed by atoms with Crippen LogP contribution in [0.25, 0.3) is 0 Å². The summed E-state index contributed by atoms with van der Waals surface area (Å²) in [4.78, 5) is 22.8. The number of hydrogen-bond donors (Lipinski definition) is 0. The van der Waals surface area contributed by atoms with E-state index in [2.05, 4.69) is 11.8 Å². The highest BCUT2D eigenvalue weighted by Gasteiger charge is 2.03. The molecule has 146 valence electrons. The Bertz CT molecular complexity index is 754. The lowest BCUT2D eigenvalue weighted by atomic mass is 10.1. The van der Waals surface area contributed by atoms with Crippen LogP contribution in [-0.2, 0) is 31.9 Å². The third-order valence-electron chi connectivity index (χ3n) is 4.11. The van der Waals surface area contributed by atoms with E-state index < -0.39 is 0 Å². The van der Waals surface area contributed by atoms with Crippen molar-refractivity contribution >= 4 is 11.9 Å². The van der Waals surface area contributed by atoms with Gasteiger partial charge >= 0.3 is 11.9 Å². The van der Waals surface area contributed by atoms with Crippen molar-refractivity contribution in [2.24, 2.45) is 0 Å². The van der Waals surface area contributed by atoms with Crippen LogP contribution in [0.4, 0.5) is 0 Å². The lowest BCUT2D eigenvalue weighted by Gasteiger charge is -2.02. The van der Waals surface area contributed by atoms with Gasteiger partial charge in [0.05, 0.1) is 13.2 Å². The largest absolute Gasteiger partial charge is 0.466 e. The molecule has 0 unspecified atom stereocenters. The van der Waals surface area contributed by atoms with E-state index in [4.69, 9.17) is 9.47 Å². The molecule has 2 aromatic rings. The number of carbonyl (C=O) groups is 2. The predicted molar refractivity (Wildman–Crippen MR) is 109 cm³/mol. The Hall–Kier alpha value is -3.06. The Morgan fingerprint density at radius 1 is 0.679 bits per heavy atom. The molecule has 0 atom stereocenters. The van der Waals surface area contributed by atoms with Gasteiger partial charge in [-0.1, -0.05) is 36.1 Å². The zero-order valence-corrected chi connectivity index (χ0v) is 16.5. The number of carbonyl (C=O) groups excluding carboxylic acids is 2. The van der Waals surface area contributed by atoms with E-state index in [0.717, 1.165) is 22.3 Å². The maximum absolute atomic E-state index is 11.4. The molecular formula is C24H26O4. The predicted octanol–water partition coefficient (Wildman–Crippen LogP) is 4.08. The standard InChI is InChI=1S/C24H26O4/c1-3-27-23(25)17-15-21-11-7-19(8-12-21)5-6-20-9-13-22(14-10-20)16-18-24(26)28-4-2/h7-14H,3-4,15-18H2,1-2H3. The Kier molecular flexibility index (Phi) is 8.81. The molecule has 2 rings (SSSR count). The highest BCUT2D eigenvalue weighted by molar-refractivity contribution is 5.70. The summed E-state index contributed by atoms with van der Waals surface area (Å²) in [7, 11) is 0. The third-order valence-corrected chi connectivity index (χ3v) is 4.11. The molecule has 0 fully saturated rings. The molecule has 2 aromatic carbocycles. The molecular weight excluding hydrogens is 352 g/mol. The van der Waals surface area contributed by atoms with E-state index in [1.807, 2.05) is 62.4 Å². The molecule has 4 nitrogen and oxygen atoms in total. The summed E-state index contributed by atoms with van der Waals surface area (Å²) in [6.07, 6.45) is 2.11. The van der Waals surface area contributed by atoms with Crippen molar-refractivity contribution in [2.75, 3.05) is 13.2 Å². The van der Waals surface area contributed by atoms with Crippen LogP contribution in [-0.4, -0.2) is 25.2 Å². The SMILES string of the molecule is CCOC(=O)CCc1ccc(C#Cc2ccc(CCC(=O)OCC)cc2)cc1. The van der Waals surface area contributed by atoms with Gasteiger partial charge in [0.1, 0.15) is 0 Å². The van der Waals surface area contributed by atoms with Gasteiger partial charge in [-0.25, -0.2) is 0 Å². The maximum Gasteiger partial charge on any atom is 0.306 e. The van der Waals surface area contributed by atoms with Gasteiger partial charge in [-0.05, 0) is 62.1 Å². The van der Waals surface area contributed by atoms with Gasteiger partial charge in [-0.15, -0.1) is 0 Å². The number of esters is 2. The molecule has 0 aromatic heterocycles. The lowest BCUT2D eigenvalue weighted by molar-refractivity contribution is -0.144. The first-order valence-electron chi connectivity index (χ1n) is 9.62. The highest BCUT2D eigenvalue weighted by Crippen LogP contribution is 2.09. The molecule has 0 aliphatic heterocycles. The molecule has 0 N–H and O–H groups in total. The minimum absolute atomic E-state index is 0.169. The smallest absolute Gasteiger partial charge is 0.306 e. The van der Waals surface area contributed by atoms with Gasteiger partial charge in [-0.3, -0.25) is 9.59 Å². The van der Waals surface area contributed by atoms with Crippen LogP contribution in [0, 0.1) is 11.8 Å². The summed E-state index contributed by atoms with van der Waals surface area (Å²) in [6.45, 7) is 4.45. The molecule has 0 aliphatic carbocycles. The molecule has 4 heteroatoms. The summed E-state index contributed by atoms with van der Waals surface area (Å²) >= 11 is 0. The zero-order chi connectivity index (χ0) is 20.2. The van der Waals surface area contributed by atoms with Gasteiger partial charge in [0, 0.05) is 24.0 Å². The second kappa shape index (κ2) is 11.6. The van der Waals surface area contributed by atoms with Crippen LogP contribution >= 0.6 is 0 Å². The summed E-state index contributed by atoms with van der Waals surface area (Å²) in [5, 5.41) is 0. The van der Waals surface area contributed by atoms with Gasteiger partial charge in [0.25, 0.3) is 0 Å². The Labute approximate surface area is 166 Å². The van der Waals surface area contributed by atoms with Crippen LogP contribution in [0.15, 0.2) is 48.5 Å². The molecule has 0 heterocycles. The average molecular weight is 378 g/mol. The van der Waals surface area contributed by atoms with E-state index in [0.29, 0.717) is 38.9 Å². The quantitative estimate of drug-likeness (QED) is 0.513. The molecule has 0 bridgehead atoms. The monoisotopic (exact) mass is 378 g/mol. The van der Waals surface area contributed by atoms with Crippen LogP contribution in [0.2, 0.25) is 0 Å². The first-order valence-corrected chi connectivity index (χ1v) is 9.62. The van der Waals surface area contributed by atoms with Crippen molar-refractivity contribution in [3.8, 4) is 11.8 Å². The molecule has 0 aliphatic rings. The van der Waals surface area contributed by atoms with Crippen LogP contribution in [0.1, 0.15) is 48.9 Å². The van der Waals surface area contributed by atoms with Crippen molar-refractivity contribution in [1.29, 1.82) is 0 Å². The minimum Gasteiger partial charge on any atom is -0.466 e. The van der Waals surface area contributed by atoms with Crippen LogP contribution in [0.5, 0.6) is 0 Å². The van der Waals surface area contributed by atoms with E-state index in [9.17, 15) is 9.59 Å². The normalized spacial score (nSPS) is 9.93. The lowest BCUT2D eigenvalue weighted by Crippen LogP contribution is -2.05. The molecule has 0 radical (unpaired) electrons. The molecule has 0 amide bonds. The van der Waals surface area contributed by atoms with E-state index in [-0.39, 0.29) is 11.9 Å². The topological polar surface area (TPSA) is 52.6 Å². The summed E-state index contributed by atoms with van der Waals surface area (Å²) in [6, 6.07) is 15.8. The first kappa shape index (κ1) is 21.2. The van der Waals surface area contributed by atoms with E-state index in [1.165, 1.54) is 0 Å². The van der Waals surface area contributed by atoms with Gasteiger partial charge in [0.15, 0.2) is 0 Å². The number of ether oxygens (including phenoxy) is 2. The van der Waals surface area contributed by atoms with Crippen molar-refractivity contribution in [2.45, 2.75) is 39.5 Å². The van der Waals surface area contributed by atoms with Crippen LogP contribution < -0.4 is 0 Å². The first-order chi connectivity index (χ1) is 13.6. The highest BCUT2D eigenvalue weighted by atomic mass is 16.5. The van der Waals surface area contributed by atoms with Crippen molar-refractivity contribution in [3.63, 3.8) is 0 Å². The number of hydrogen-bond acceptors (Lipinski definition) is 4. The van der Waals surface area contributed by atoms with Gasteiger partial charge in [-0.2, -0.15) is 0 Å². The third kappa shape index (κ3) is 7.67. The number of aryl methyl sites for hydroxylation is 2. The average Bonchev–Trinajstić information content (AvgIpc) is 2.71. The van der Waals surface area contributed by atoms with Gasteiger partial charge < -0.3 is 9.47 Å². The second-order valence-corrected chi connectivity index (χ2v) is 6.25. The van der Waals surface area contributed by atoms with Crippen LogP contribution in [0.3, 0.4) is 0 Å². The Morgan fingerprint density at radius 2 is 1.04 bits per heavy atom. The number of benzene rings is 2. The summed E-state index contributed by atoms with van der Waals surface area (Å²) in [5.74, 6) is 5.95. The summed E-state index contributed by atoms with van der Waals surface area (Å²) < 4.78 is 9.87. The second-order valence-electron chi connectivity index (χ2n) is 6.25. The Morgan fingerprint density at radius 3 is 1.36 bits per heavy atom. The van der Waals surface area contributed by atoms with E-state index >= 15 is 0 Å². The summed E-state index contributed by atoms with van der Waals surface area (Å²) in [5.41, 5.74) is 4.02. The van der Waals surface area contributed by atoms with E-state index in [1.54, 1.807) is 0 Å². The van der Waals surface area contributed by atoms with Crippen molar-refractivity contribution < 1.29 is 19.1 Å². The fourth-order valence-electron chi connectivity index (χ4n) is 2.61. The fraction of sp³-hybridized carbons (Fsp3) is 0.333. The van der Waals surface area contributed by atoms with Gasteiger partial charge in [0.2, 0.25) is 0 Å². The molecule has 28 heavy (non-hydrogen) atoms. The van der Waals surface area contributed by atoms with Crippen molar-refractivity contribution in [1.82, 2.24) is 0 Å². The molecule has 0 saturated carbocycles. The molecule has 0 spiro atoms. The van der Waals surface area contributed by atoms with Crippen molar-refractivity contribution in [3.05, 3.63) is 70.8 Å². The fourth-order valence-corrected chi connectivity index (χ4v) is 2.61. The maximum atomic E-state index is 11.4. The minimum atomic E-state index is -0.169.